The maximum Gasteiger partial charge on any atom is 0.335 e. The SMILES string of the molecule is O=C1C=CC2C(C1=O)C(c1ccccc1)=CN2S(=O)(=O)c1ccc(C(=O)O)cc1. The van der Waals surface area contributed by atoms with Crippen LogP contribution < -0.4 is 0 Å². The average molecular weight is 409 g/mol. The molecule has 7 nitrogen and oxygen atoms in total. The molecule has 0 saturated heterocycles. The number of carbonyl (C=O) groups is 3. The topological polar surface area (TPSA) is 109 Å². The molecule has 1 heterocycles. The van der Waals surface area contributed by atoms with E-state index in [1.165, 1.54) is 36.5 Å². The molecule has 1 N–H and O–H groups in total. The van der Waals surface area contributed by atoms with Gasteiger partial charge in [-0.1, -0.05) is 36.4 Å². The fourth-order valence-electron chi connectivity index (χ4n) is 3.55. The van der Waals surface area contributed by atoms with E-state index in [1.54, 1.807) is 30.3 Å². The number of allylic oxidation sites excluding steroid dienone is 1. The Labute approximate surface area is 166 Å². The van der Waals surface area contributed by atoms with Crippen LogP contribution in [0.2, 0.25) is 0 Å². The number of hydrogen-bond donors (Lipinski definition) is 1. The molecule has 2 unspecified atom stereocenters. The average Bonchev–Trinajstić information content (AvgIpc) is 3.12. The fourth-order valence-corrected chi connectivity index (χ4v) is 5.04. The highest BCUT2D eigenvalue weighted by Crippen LogP contribution is 2.41. The summed E-state index contributed by atoms with van der Waals surface area (Å²) in [5.41, 5.74) is 1.06. The number of benzene rings is 2. The Kier molecular flexibility index (Phi) is 4.43. The van der Waals surface area contributed by atoms with E-state index < -0.39 is 39.5 Å². The molecular weight excluding hydrogens is 394 g/mol. The summed E-state index contributed by atoms with van der Waals surface area (Å²) >= 11 is 0. The summed E-state index contributed by atoms with van der Waals surface area (Å²) < 4.78 is 27.5. The molecule has 0 aromatic heterocycles. The highest BCUT2D eigenvalue weighted by Gasteiger charge is 2.47. The number of ketones is 2. The lowest BCUT2D eigenvalue weighted by molar-refractivity contribution is -0.136. The molecule has 0 saturated carbocycles. The van der Waals surface area contributed by atoms with Crippen molar-refractivity contribution in [3.63, 3.8) is 0 Å². The minimum absolute atomic E-state index is 0.0397. The van der Waals surface area contributed by atoms with Gasteiger partial charge in [0, 0.05) is 6.20 Å². The molecule has 29 heavy (non-hydrogen) atoms. The van der Waals surface area contributed by atoms with Gasteiger partial charge in [0.2, 0.25) is 11.6 Å². The summed E-state index contributed by atoms with van der Waals surface area (Å²) in [7, 11) is -4.08. The van der Waals surface area contributed by atoms with Gasteiger partial charge in [-0.25, -0.2) is 13.2 Å². The predicted octanol–water partition coefficient (Wildman–Crippen LogP) is 2.12. The van der Waals surface area contributed by atoms with Gasteiger partial charge >= 0.3 is 5.97 Å². The number of aromatic carboxylic acids is 1. The van der Waals surface area contributed by atoms with Gasteiger partial charge in [0.05, 0.1) is 22.4 Å². The van der Waals surface area contributed by atoms with Gasteiger partial charge in [-0.05, 0) is 41.5 Å². The Morgan fingerprint density at radius 1 is 0.966 bits per heavy atom. The zero-order chi connectivity index (χ0) is 20.8. The zero-order valence-corrected chi connectivity index (χ0v) is 15.7. The van der Waals surface area contributed by atoms with E-state index in [4.69, 9.17) is 5.11 Å². The molecule has 0 fully saturated rings. The number of nitrogens with zero attached hydrogens (tertiary/aromatic N) is 1. The fraction of sp³-hybridized carbons (Fsp3) is 0.0952. The Morgan fingerprint density at radius 2 is 1.62 bits per heavy atom. The number of carbonyl (C=O) groups excluding carboxylic acids is 2. The first-order valence-corrected chi connectivity index (χ1v) is 10.1. The number of fused-ring (bicyclic) bond motifs is 1. The van der Waals surface area contributed by atoms with Crippen molar-refractivity contribution in [2.45, 2.75) is 10.9 Å². The van der Waals surface area contributed by atoms with Crippen LogP contribution in [0.1, 0.15) is 15.9 Å². The summed E-state index contributed by atoms with van der Waals surface area (Å²) in [6, 6.07) is 12.8. The van der Waals surface area contributed by atoms with Crippen molar-refractivity contribution in [1.82, 2.24) is 4.31 Å². The van der Waals surface area contributed by atoms with Crippen LogP contribution in [-0.4, -0.2) is 41.4 Å². The van der Waals surface area contributed by atoms with Crippen LogP contribution in [0.3, 0.4) is 0 Å². The van der Waals surface area contributed by atoms with Crippen LogP contribution in [0.25, 0.3) is 5.57 Å². The van der Waals surface area contributed by atoms with Crippen LogP contribution in [0.5, 0.6) is 0 Å². The van der Waals surface area contributed by atoms with Crippen molar-refractivity contribution in [3.8, 4) is 0 Å². The number of sulfonamides is 1. The lowest BCUT2D eigenvalue weighted by atomic mass is 9.82. The van der Waals surface area contributed by atoms with Gasteiger partial charge in [0.15, 0.2) is 0 Å². The second kappa shape index (κ2) is 6.82. The molecular formula is C21H15NO6S. The third kappa shape index (κ3) is 3.07. The first-order chi connectivity index (χ1) is 13.8. The highest BCUT2D eigenvalue weighted by atomic mass is 32.2. The Balaban J connectivity index is 1.82. The maximum absolute atomic E-state index is 13.2. The highest BCUT2D eigenvalue weighted by molar-refractivity contribution is 7.89. The van der Waals surface area contributed by atoms with E-state index in [9.17, 15) is 22.8 Å². The van der Waals surface area contributed by atoms with Crippen LogP contribution in [0.4, 0.5) is 0 Å². The van der Waals surface area contributed by atoms with E-state index in [1.807, 2.05) is 0 Å². The molecule has 8 heteroatoms. The summed E-state index contributed by atoms with van der Waals surface area (Å²) in [4.78, 5) is 35.5. The minimum atomic E-state index is -4.08. The number of carboxylic acid groups (broad SMARTS) is 1. The monoisotopic (exact) mass is 409 g/mol. The van der Waals surface area contributed by atoms with Gasteiger partial charge < -0.3 is 5.11 Å². The second-order valence-electron chi connectivity index (χ2n) is 6.67. The second-order valence-corrected chi connectivity index (χ2v) is 8.51. The standard InChI is InChI=1S/C21H15NO6S/c23-18-11-10-17-19(20(18)24)16(13-4-2-1-3-5-13)12-22(17)29(27,28)15-8-6-14(7-9-15)21(25)26/h1-12,17,19H,(H,25,26). The van der Waals surface area contributed by atoms with Gasteiger partial charge in [0.1, 0.15) is 0 Å². The van der Waals surface area contributed by atoms with Gasteiger partial charge in [0.25, 0.3) is 10.0 Å². The van der Waals surface area contributed by atoms with Gasteiger partial charge in [-0.3, -0.25) is 13.9 Å². The largest absolute Gasteiger partial charge is 0.478 e. The van der Waals surface area contributed by atoms with Crippen molar-refractivity contribution >= 4 is 33.1 Å². The lowest BCUT2D eigenvalue weighted by Gasteiger charge is -2.28. The van der Waals surface area contributed by atoms with Crippen molar-refractivity contribution in [2.75, 3.05) is 0 Å². The minimum Gasteiger partial charge on any atom is -0.478 e. The molecule has 0 amide bonds. The normalized spacial score (nSPS) is 21.1. The molecule has 0 bridgehead atoms. The van der Waals surface area contributed by atoms with E-state index in [2.05, 4.69) is 0 Å². The Bertz CT molecular complexity index is 1180. The first-order valence-electron chi connectivity index (χ1n) is 8.71. The zero-order valence-electron chi connectivity index (χ0n) is 14.9. The molecule has 0 radical (unpaired) electrons. The summed E-state index contributed by atoms with van der Waals surface area (Å²) in [5, 5.41) is 9.01. The van der Waals surface area contributed by atoms with Crippen molar-refractivity contribution in [3.05, 3.63) is 84.1 Å². The van der Waals surface area contributed by atoms with Crippen LogP contribution >= 0.6 is 0 Å². The van der Waals surface area contributed by atoms with Crippen LogP contribution in [0, 0.1) is 5.92 Å². The molecule has 4 rings (SSSR count). The first kappa shape index (κ1) is 18.8. The van der Waals surface area contributed by atoms with Crippen LogP contribution in [-0.2, 0) is 19.6 Å². The molecule has 2 aromatic carbocycles. The number of Topliss-reactive ketones (excluding diaryl/α,β-unsaturated/α-hetero) is 1. The van der Waals surface area contributed by atoms with E-state index in [0.717, 1.165) is 10.4 Å². The third-order valence-corrected chi connectivity index (χ3v) is 6.76. The molecule has 1 aliphatic heterocycles. The Morgan fingerprint density at radius 3 is 2.24 bits per heavy atom. The summed E-state index contributed by atoms with van der Waals surface area (Å²) in [6.07, 6.45) is 3.90. The summed E-state index contributed by atoms with van der Waals surface area (Å²) in [6.45, 7) is 0. The number of carboxylic acids is 1. The van der Waals surface area contributed by atoms with Gasteiger partial charge in [-0.2, -0.15) is 0 Å². The number of hydrogen-bond acceptors (Lipinski definition) is 5. The smallest absolute Gasteiger partial charge is 0.335 e. The number of rotatable bonds is 4. The van der Waals surface area contributed by atoms with E-state index in [-0.39, 0.29) is 10.5 Å². The van der Waals surface area contributed by atoms with E-state index >= 15 is 0 Å². The molecule has 2 aromatic rings. The van der Waals surface area contributed by atoms with Crippen molar-refractivity contribution in [1.29, 1.82) is 0 Å². The lowest BCUT2D eigenvalue weighted by Crippen LogP contribution is -2.42. The molecule has 0 spiro atoms. The predicted molar refractivity (Wildman–Crippen MR) is 103 cm³/mol. The third-order valence-electron chi connectivity index (χ3n) is 4.99. The van der Waals surface area contributed by atoms with E-state index in [0.29, 0.717) is 11.1 Å². The maximum atomic E-state index is 13.2. The molecule has 146 valence electrons. The molecule has 2 atom stereocenters. The molecule has 1 aliphatic carbocycles. The van der Waals surface area contributed by atoms with Crippen molar-refractivity contribution < 1.29 is 27.9 Å². The Hall–Kier alpha value is -3.52. The van der Waals surface area contributed by atoms with Crippen LogP contribution in [0.15, 0.2) is 77.8 Å². The summed E-state index contributed by atoms with van der Waals surface area (Å²) in [5.74, 6) is -3.42. The quantitative estimate of drug-likeness (QED) is 0.775. The van der Waals surface area contributed by atoms with Crippen molar-refractivity contribution in [2.24, 2.45) is 5.92 Å². The van der Waals surface area contributed by atoms with Gasteiger partial charge in [-0.15, -0.1) is 0 Å². The molecule has 2 aliphatic rings.